The zero-order valence-corrected chi connectivity index (χ0v) is 15.9. The van der Waals surface area contributed by atoms with Crippen molar-refractivity contribution in [2.24, 2.45) is 5.73 Å². The Kier molecular flexibility index (Phi) is 5.13. The number of ether oxygens (including phenoxy) is 1. The van der Waals surface area contributed by atoms with Gasteiger partial charge in [-0.25, -0.2) is 13.1 Å². The maximum atomic E-state index is 12.8. The first-order valence-corrected chi connectivity index (χ1v) is 9.10. The minimum absolute atomic E-state index is 0.0535. The molecule has 0 aliphatic carbocycles. The van der Waals surface area contributed by atoms with Crippen LogP contribution in [0.25, 0.3) is 0 Å². The molecule has 0 aliphatic rings. The van der Waals surface area contributed by atoms with Gasteiger partial charge in [-0.05, 0) is 51.0 Å². The summed E-state index contributed by atoms with van der Waals surface area (Å²) in [5.74, 6) is -1.61. The van der Waals surface area contributed by atoms with Crippen LogP contribution in [-0.2, 0) is 10.0 Å². The summed E-state index contributed by atoms with van der Waals surface area (Å²) in [7, 11) is -2.82. The highest BCUT2D eigenvalue weighted by Gasteiger charge is 2.29. The van der Waals surface area contributed by atoms with Crippen molar-refractivity contribution < 1.29 is 27.2 Å². The molecule has 0 saturated heterocycles. The van der Waals surface area contributed by atoms with Crippen molar-refractivity contribution in [1.29, 1.82) is 0 Å². The number of carbonyl (C=O) groups is 2. The van der Waals surface area contributed by atoms with Crippen molar-refractivity contribution in [3.05, 3.63) is 40.1 Å². The van der Waals surface area contributed by atoms with E-state index in [2.05, 4.69) is 4.72 Å². The predicted molar refractivity (Wildman–Crippen MR) is 95.2 cm³/mol. The quantitative estimate of drug-likeness (QED) is 0.740. The summed E-state index contributed by atoms with van der Waals surface area (Å²) in [6.45, 7) is 6.25. The Bertz CT molecular complexity index is 1000. The van der Waals surface area contributed by atoms with Crippen LogP contribution in [0.2, 0.25) is 0 Å². The number of aryl methyl sites for hydroxylation is 3. The summed E-state index contributed by atoms with van der Waals surface area (Å²) in [5, 5.41) is 0. The molecule has 2 aromatic rings. The number of nitrogens with two attached hydrogens (primary N) is 1. The molecule has 140 valence electrons. The van der Waals surface area contributed by atoms with Crippen LogP contribution < -0.4 is 15.2 Å². The largest absolute Gasteiger partial charge is 0.495 e. The number of amides is 1. The van der Waals surface area contributed by atoms with Gasteiger partial charge in [0.1, 0.15) is 22.0 Å². The van der Waals surface area contributed by atoms with Crippen LogP contribution in [0.5, 0.6) is 5.75 Å². The third kappa shape index (κ3) is 3.43. The second kappa shape index (κ2) is 6.83. The van der Waals surface area contributed by atoms with Crippen LogP contribution in [-0.4, -0.2) is 27.2 Å². The minimum Gasteiger partial charge on any atom is -0.495 e. The van der Waals surface area contributed by atoms with E-state index in [-0.39, 0.29) is 27.5 Å². The molecule has 0 spiro atoms. The highest BCUT2D eigenvalue weighted by Crippen LogP contribution is 2.32. The normalized spacial score (nSPS) is 11.3. The molecule has 2 rings (SSSR count). The van der Waals surface area contributed by atoms with Crippen molar-refractivity contribution in [3.8, 4) is 5.75 Å². The number of furan rings is 1. The lowest BCUT2D eigenvalue weighted by Gasteiger charge is -2.13. The molecule has 0 unspecified atom stereocenters. The molecule has 3 N–H and O–H groups in total. The average molecular weight is 380 g/mol. The zero-order valence-electron chi connectivity index (χ0n) is 15.1. The van der Waals surface area contributed by atoms with Crippen LogP contribution in [0.4, 0.5) is 5.88 Å². The first-order chi connectivity index (χ1) is 12.0. The van der Waals surface area contributed by atoms with E-state index >= 15 is 0 Å². The fourth-order valence-corrected chi connectivity index (χ4v) is 3.82. The third-order valence-electron chi connectivity index (χ3n) is 3.98. The van der Waals surface area contributed by atoms with Gasteiger partial charge in [-0.15, -0.1) is 0 Å². The topological polar surface area (TPSA) is 129 Å². The smallest absolute Gasteiger partial charge is 0.267 e. The summed E-state index contributed by atoms with van der Waals surface area (Å²) in [4.78, 5) is 23.4. The van der Waals surface area contributed by atoms with E-state index in [1.165, 1.54) is 27.0 Å². The number of sulfonamides is 1. The number of hydrogen-bond donors (Lipinski definition) is 2. The Hall–Kier alpha value is -2.81. The molecule has 0 bridgehead atoms. The van der Waals surface area contributed by atoms with Crippen molar-refractivity contribution in [2.75, 3.05) is 11.8 Å². The summed E-state index contributed by atoms with van der Waals surface area (Å²) in [6.07, 6.45) is 0. The van der Waals surface area contributed by atoms with Crippen LogP contribution in [0.3, 0.4) is 0 Å². The predicted octanol–water partition coefficient (Wildman–Crippen LogP) is 2.32. The first kappa shape index (κ1) is 19.5. The van der Waals surface area contributed by atoms with E-state index in [0.717, 1.165) is 11.1 Å². The summed E-state index contributed by atoms with van der Waals surface area (Å²) in [6, 6.07) is 3.04. The van der Waals surface area contributed by atoms with Crippen molar-refractivity contribution >= 4 is 27.6 Å². The number of primary amides is 1. The Morgan fingerprint density at radius 3 is 2.19 bits per heavy atom. The Morgan fingerprint density at radius 2 is 1.69 bits per heavy atom. The number of benzene rings is 1. The number of methoxy groups -OCH3 is 1. The van der Waals surface area contributed by atoms with Gasteiger partial charge in [-0.3, -0.25) is 9.59 Å². The van der Waals surface area contributed by atoms with E-state index in [1.807, 2.05) is 6.92 Å². The maximum Gasteiger partial charge on any atom is 0.267 e. The summed E-state index contributed by atoms with van der Waals surface area (Å²) in [5.41, 5.74) is 6.55. The molecule has 0 saturated carbocycles. The molecule has 26 heavy (non-hydrogen) atoms. The maximum absolute atomic E-state index is 12.8. The van der Waals surface area contributed by atoms with Gasteiger partial charge in [0.05, 0.1) is 12.7 Å². The summed E-state index contributed by atoms with van der Waals surface area (Å²) >= 11 is 0. The highest BCUT2D eigenvalue weighted by molar-refractivity contribution is 7.92. The van der Waals surface area contributed by atoms with Gasteiger partial charge < -0.3 is 14.9 Å². The van der Waals surface area contributed by atoms with Gasteiger partial charge >= 0.3 is 0 Å². The van der Waals surface area contributed by atoms with E-state index in [4.69, 9.17) is 14.9 Å². The van der Waals surface area contributed by atoms with Gasteiger partial charge in [0.25, 0.3) is 15.9 Å². The van der Waals surface area contributed by atoms with Crippen LogP contribution in [0.15, 0.2) is 21.4 Å². The molecular formula is C17H20N2O6S. The monoisotopic (exact) mass is 380 g/mol. The molecule has 0 atom stereocenters. The molecule has 0 radical (unpaired) electrons. The first-order valence-electron chi connectivity index (χ1n) is 7.61. The highest BCUT2D eigenvalue weighted by atomic mass is 32.2. The van der Waals surface area contributed by atoms with E-state index in [1.54, 1.807) is 13.0 Å². The Balaban J connectivity index is 2.62. The molecule has 0 aliphatic heterocycles. The molecule has 0 fully saturated rings. The number of nitrogens with one attached hydrogen (secondary N) is 1. The standard InChI is InChI=1S/C17H20N2O6S/c1-8-6-12(24-5)13(7-9(8)2)26(22,23)19-17-15(16(18)21)14(10(3)20)11(4)25-17/h6-7,19H,1-5H3,(H2,18,21). The molecular weight excluding hydrogens is 360 g/mol. The number of hydrogen-bond acceptors (Lipinski definition) is 6. The van der Waals surface area contributed by atoms with Crippen LogP contribution in [0, 0.1) is 20.8 Å². The lowest BCUT2D eigenvalue weighted by molar-refractivity contribution is 0.0974. The lowest BCUT2D eigenvalue weighted by atomic mass is 10.1. The molecule has 1 aromatic heterocycles. The molecule has 8 nitrogen and oxygen atoms in total. The number of anilines is 1. The van der Waals surface area contributed by atoms with Crippen molar-refractivity contribution in [1.82, 2.24) is 0 Å². The Morgan fingerprint density at radius 1 is 1.12 bits per heavy atom. The van der Waals surface area contributed by atoms with Crippen molar-refractivity contribution in [3.63, 3.8) is 0 Å². The van der Waals surface area contributed by atoms with E-state index in [9.17, 15) is 18.0 Å². The van der Waals surface area contributed by atoms with Crippen LogP contribution in [0.1, 0.15) is 44.5 Å². The molecule has 9 heteroatoms. The van der Waals surface area contributed by atoms with E-state index in [0.29, 0.717) is 0 Å². The van der Waals surface area contributed by atoms with Gasteiger partial charge in [0.2, 0.25) is 5.88 Å². The van der Waals surface area contributed by atoms with Gasteiger partial charge in [0.15, 0.2) is 5.78 Å². The SMILES string of the molecule is COc1cc(C)c(C)cc1S(=O)(=O)Nc1oc(C)c(C(C)=O)c1C(N)=O. The molecule has 1 heterocycles. The number of carbonyl (C=O) groups excluding carboxylic acids is 2. The molecule has 1 amide bonds. The Labute approximate surface area is 151 Å². The van der Waals surface area contributed by atoms with Crippen LogP contribution >= 0.6 is 0 Å². The zero-order chi connectivity index (χ0) is 19.8. The average Bonchev–Trinajstić information content (AvgIpc) is 2.85. The lowest BCUT2D eigenvalue weighted by Crippen LogP contribution is -2.20. The minimum atomic E-state index is -4.17. The third-order valence-corrected chi connectivity index (χ3v) is 5.33. The second-order valence-electron chi connectivity index (χ2n) is 5.85. The number of ketones is 1. The summed E-state index contributed by atoms with van der Waals surface area (Å²) < 4.78 is 38.3. The fraction of sp³-hybridized carbons (Fsp3) is 0.294. The van der Waals surface area contributed by atoms with Crippen molar-refractivity contribution in [2.45, 2.75) is 32.6 Å². The van der Waals surface area contributed by atoms with E-state index < -0.39 is 27.6 Å². The second-order valence-corrected chi connectivity index (χ2v) is 7.50. The van der Waals surface area contributed by atoms with Gasteiger partial charge in [-0.2, -0.15) is 0 Å². The van der Waals surface area contributed by atoms with Gasteiger partial charge in [-0.1, -0.05) is 0 Å². The van der Waals surface area contributed by atoms with Gasteiger partial charge in [0, 0.05) is 0 Å². The fourth-order valence-electron chi connectivity index (χ4n) is 2.59. The number of Topliss-reactive ketones (excluding diaryl/α,β-unsaturated/α-hetero) is 1. The molecule has 1 aromatic carbocycles. The number of rotatable bonds is 6.